The Labute approximate surface area is 151 Å². The molecule has 0 unspecified atom stereocenters. The van der Waals surface area contributed by atoms with Crippen molar-refractivity contribution >= 4 is 38.9 Å². The maximum Gasteiger partial charge on any atom is 0.319 e. The number of nitrogens with zero attached hydrogens (tertiary/aromatic N) is 5. The van der Waals surface area contributed by atoms with E-state index in [-0.39, 0.29) is 11.5 Å². The molecule has 2 N–H and O–H groups in total. The van der Waals surface area contributed by atoms with Gasteiger partial charge in [-0.05, 0) is 17.5 Å². The number of benzene rings is 2. The van der Waals surface area contributed by atoms with Gasteiger partial charge in [0.05, 0.1) is 11.7 Å². The lowest BCUT2D eigenvalue weighted by Gasteiger charge is -2.11. The molecule has 3 aromatic heterocycles. The van der Waals surface area contributed by atoms with E-state index in [1.807, 2.05) is 36.4 Å². The van der Waals surface area contributed by atoms with Crippen LogP contribution in [0, 0.1) is 0 Å². The minimum absolute atomic E-state index is 0.169. The van der Waals surface area contributed by atoms with Crippen molar-refractivity contribution in [2.24, 2.45) is 0 Å². The Morgan fingerprint density at radius 2 is 1.69 bits per heavy atom. The molecule has 5 aromatic rings. The summed E-state index contributed by atoms with van der Waals surface area (Å²) in [6.45, 7) is 0. The fraction of sp³-hybridized carbons (Fsp3) is 0. The summed E-state index contributed by atoms with van der Waals surface area (Å²) in [6.07, 6.45) is 1.60. The topological polar surface area (TPSA) is 96.4 Å². The molecule has 8 heteroatoms. The van der Waals surface area contributed by atoms with Gasteiger partial charge in [-0.1, -0.05) is 41.9 Å². The van der Waals surface area contributed by atoms with Crippen molar-refractivity contribution in [3.8, 4) is 23.3 Å². The Hall–Kier alpha value is -3.45. The zero-order valence-corrected chi connectivity index (χ0v) is 13.9. The van der Waals surface area contributed by atoms with Gasteiger partial charge in [-0.15, -0.1) is 0 Å². The van der Waals surface area contributed by atoms with Gasteiger partial charge >= 0.3 is 6.01 Å². The lowest BCUT2D eigenvalue weighted by Crippen LogP contribution is -2.01. The van der Waals surface area contributed by atoms with Crippen molar-refractivity contribution in [3.63, 3.8) is 0 Å². The molecule has 0 fully saturated rings. The molecule has 7 nitrogen and oxygen atoms in total. The molecule has 0 saturated carbocycles. The van der Waals surface area contributed by atoms with Gasteiger partial charge in [0.2, 0.25) is 5.88 Å². The second-order valence-corrected chi connectivity index (χ2v) is 6.16. The Bertz CT molecular complexity index is 1330. The summed E-state index contributed by atoms with van der Waals surface area (Å²) >= 11 is 6.44. The summed E-state index contributed by atoms with van der Waals surface area (Å²) in [4.78, 5) is 12.1. The van der Waals surface area contributed by atoms with E-state index in [0.29, 0.717) is 21.7 Å². The second-order valence-electron chi connectivity index (χ2n) is 5.75. The van der Waals surface area contributed by atoms with Crippen LogP contribution in [0.4, 0.5) is 0 Å². The predicted molar refractivity (Wildman–Crippen MR) is 97.4 cm³/mol. The van der Waals surface area contributed by atoms with Gasteiger partial charge in [0.15, 0.2) is 11.5 Å². The molecule has 0 amide bonds. The molecule has 0 atom stereocenters. The normalized spacial score (nSPS) is 11.6. The Kier molecular flexibility index (Phi) is 3.01. The van der Waals surface area contributed by atoms with Crippen LogP contribution in [0.5, 0.6) is 11.9 Å². The van der Waals surface area contributed by atoms with E-state index in [1.54, 1.807) is 16.8 Å². The molecular weight excluding hydrogens is 354 g/mol. The number of rotatable bonds is 1. The minimum atomic E-state index is -0.548. The Morgan fingerprint density at radius 1 is 0.885 bits per heavy atom. The molecule has 0 saturated heterocycles. The third-order valence-electron chi connectivity index (χ3n) is 4.27. The number of aromatic nitrogens is 5. The van der Waals surface area contributed by atoms with Gasteiger partial charge in [-0.3, -0.25) is 0 Å². The monoisotopic (exact) mass is 363 g/mol. The zero-order chi connectivity index (χ0) is 17.8. The van der Waals surface area contributed by atoms with E-state index >= 15 is 0 Å². The van der Waals surface area contributed by atoms with Crippen LogP contribution in [0.25, 0.3) is 38.7 Å². The van der Waals surface area contributed by atoms with Gasteiger partial charge in [-0.2, -0.15) is 15.1 Å². The summed E-state index contributed by atoms with van der Waals surface area (Å²) in [7, 11) is 0. The minimum Gasteiger partial charge on any atom is -0.493 e. The first-order valence-electron chi connectivity index (χ1n) is 7.74. The average Bonchev–Trinajstić information content (AvgIpc) is 3.09. The number of halogens is 1. The lowest BCUT2D eigenvalue weighted by atomic mass is 10.0. The molecule has 26 heavy (non-hydrogen) atoms. The average molecular weight is 364 g/mol. The largest absolute Gasteiger partial charge is 0.493 e. The quantitative estimate of drug-likeness (QED) is 0.472. The van der Waals surface area contributed by atoms with Gasteiger partial charge in [0.25, 0.3) is 0 Å². The lowest BCUT2D eigenvalue weighted by molar-refractivity contribution is 0.403. The molecule has 5 rings (SSSR count). The molecule has 126 valence electrons. The first-order valence-corrected chi connectivity index (χ1v) is 8.12. The van der Waals surface area contributed by atoms with Crippen molar-refractivity contribution in [1.82, 2.24) is 24.6 Å². The van der Waals surface area contributed by atoms with Crippen molar-refractivity contribution in [2.45, 2.75) is 0 Å². The molecule has 0 bridgehead atoms. The summed E-state index contributed by atoms with van der Waals surface area (Å²) in [6, 6.07) is 12.6. The smallest absolute Gasteiger partial charge is 0.319 e. The summed E-state index contributed by atoms with van der Waals surface area (Å²) in [5, 5.41) is 26.8. The maximum absolute atomic E-state index is 10.1. The predicted octanol–water partition coefficient (Wildman–Crippen LogP) is 3.56. The molecular formula is C18H10ClN5O2. The molecule has 0 aliphatic rings. The van der Waals surface area contributed by atoms with Crippen LogP contribution in [0.1, 0.15) is 0 Å². The van der Waals surface area contributed by atoms with Crippen LogP contribution >= 0.6 is 11.6 Å². The van der Waals surface area contributed by atoms with E-state index in [4.69, 9.17) is 11.6 Å². The first kappa shape index (κ1) is 14.9. The van der Waals surface area contributed by atoms with E-state index in [0.717, 1.165) is 16.3 Å². The number of aromatic hydroxyl groups is 2. The van der Waals surface area contributed by atoms with Crippen LogP contribution in [0.2, 0.25) is 5.02 Å². The molecule has 0 aliphatic heterocycles. The van der Waals surface area contributed by atoms with Crippen molar-refractivity contribution in [2.75, 3.05) is 0 Å². The molecule has 0 aliphatic carbocycles. The zero-order valence-electron chi connectivity index (χ0n) is 13.1. The van der Waals surface area contributed by atoms with Crippen LogP contribution in [0.3, 0.4) is 0 Å². The van der Waals surface area contributed by atoms with E-state index in [2.05, 4.69) is 20.1 Å². The summed E-state index contributed by atoms with van der Waals surface area (Å²) in [5.41, 5.74) is 1.51. The highest BCUT2D eigenvalue weighted by Gasteiger charge is 2.18. The van der Waals surface area contributed by atoms with E-state index in [1.165, 1.54) is 0 Å². The third-order valence-corrected chi connectivity index (χ3v) is 4.58. The second kappa shape index (κ2) is 5.27. The number of fused-ring (bicyclic) bond motifs is 4. The highest BCUT2D eigenvalue weighted by Crippen LogP contribution is 2.35. The fourth-order valence-corrected chi connectivity index (χ4v) is 3.48. The first-order chi connectivity index (χ1) is 12.6. The number of hydrogen-bond acceptors (Lipinski definition) is 6. The van der Waals surface area contributed by atoms with Crippen molar-refractivity contribution in [1.29, 1.82) is 0 Å². The van der Waals surface area contributed by atoms with Crippen LogP contribution in [0.15, 0.2) is 48.7 Å². The van der Waals surface area contributed by atoms with Gasteiger partial charge in [0, 0.05) is 16.0 Å². The van der Waals surface area contributed by atoms with E-state index < -0.39 is 6.01 Å². The van der Waals surface area contributed by atoms with Crippen molar-refractivity contribution < 1.29 is 10.2 Å². The van der Waals surface area contributed by atoms with Crippen molar-refractivity contribution in [3.05, 3.63) is 53.7 Å². The third kappa shape index (κ3) is 2.01. The maximum atomic E-state index is 10.1. The van der Waals surface area contributed by atoms with Gasteiger partial charge in [0.1, 0.15) is 5.39 Å². The highest BCUT2D eigenvalue weighted by molar-refractivity contribution is 6.36. The highest BCUT2D eigenvalue weighted by atomic mass is 35.5. The van der Waals surface area contributed by atoms with Crippen LogP contribution in [-0.2, 0) is 0 Å². The Morgan fingerprint density at radius 3 is 2.54 bits per heavy atom. The Balaban J connectivity index is 1.98. The van der Waals surface area contributed by atoms with Gasteiger partial charge < -0.3 is 10.2 Å². The standard InChI is InChI=1S/C18H10ClN5O2/c19-11-6-2-4-9-3-1-5-10(13(9)11)16-21-15-14(12-7-8-20-24(12)16)17(25)23-18(26)22-15/h1-8H,(H2,22,23,25,26). The van der Waals surface area contributed by atoms with Crippen LogP contribution < -0.4 is 0 Å². The molecule has 0 spiro atoms. The van der Waals surface area contributed by atoms with E-state index in [9.17, 15) is 10.2 Å². The summed E-state index contributed by atoms with van der Waals surface area (Å²) in [5.74, 6) is 0.140. The molecule has 2 aromatic carbocycles. The number of hydrogen-bond donors (Lipinski definition) is 2. The van der Waals surface area contributed by atoms with Crippen LogP contribution in [-0.4, -0.2) is 34.8 Å². The SMILES string of the molecule is Oc1nc(O)c2c(n1)nc(-c1cccc3cccc(Cl)c13)n1nccc21. The summed E-state index contributed by atoms with van der Waals surface area (Å²) < 4.78 is 1.60. The fourth-order valence-electron chi connectivity index (χ4n) is 3.20. The van der Waals surface area contributed by atoms with Gasteiger partial charge in [-0.25, -0.2) is 9.50 Å². The molecule has 3 heterocycles. The molecule has 0 radical (unpaired) electrons.